The second-order valence-corrected chi connectivity index (χ2v) is 4.94. The number of nitro groups is 1. The third-order valence-corrected chi connectivity index (χ3v) is 3.24. The lowest BCUT2D eigenvalue weighted by atomic mass is 10.1. The van der Waals surface area contributed by atoms with Gasteiger partial charge in [0, 0.05) is 13.1 Å². The number of aliphatic hydroxyl groups is 1. The van der Waals surface area contributed by atoms with Gasteiger partial charge in [-0.3, -0.25) is 10.1 Å². The highest BCUT2D eigenvalue weighted by Gasteiger charge is 2.23. The summed E-state index contributed by atoms with van der Waals surface area (Å²) in [4.78, 5) is 10.7. The van der Waals surface area contributed by atoms with Crippen molar-refractivity contribution in [2.24, 2.45) is 7.05 Å². The van der Waals surface area contributed by atoms with Crippen molar-refractivity contribution in [2.75, 3.05) is 0 Å². The molecule has 7 heteroatoms. The fourth-order valence-corrected chi connectivity index (χ4v) is 2.29. The third-order valence-electron chi connectivity index (χ3n) is 3.24. The standard InChI is InChI=1S/C14H17N3O4/c1-8-5-9(2)13(12(6-8)17(19)20)21-14-11(7-18)10(3)15-16(14)4/h5-6,18H,7H2,1-4H3. The van der Waals surface area contributed by atoms with E-state index in [1.165, 1.54) is 10.7 Å². The number of rotatable bonds is 4. The Morgan fingerprint density at radius 2 is 2.05 bits per heavy atom. The zero-order valence-electron chi connectivity index (χ0n) is 12.4. The average Bonchev–Trinajstić information content (AvgIpc) is 2.66. The van der Waals surface area contributed by atoms with E-state index in [1.807, 2.05) is 6.07 Å². The molecular weight excluding hydrogens is 274 g/mol. The first kappa shape index (κ1) is 15.0. The SMILES string of the molecule is Cc1cc(C)c(Oc2c(CO)c(C)nn2C)c([N+](=O)[O-])c1. The topological polar surface area (TPSA) is 90.4 Å². The van der Waals surface area contributed by atoms with Gasteiger partial charge >= 0.3 is 5.69 Å². The van der Waals surface area contributed by atoms with Crippen molar-refractivity contribution in [3.05, 3.63) is 44.6 Å². The summed E-state index contributed by atoms with van der Waals surface area (Å²) >= 11 is 0. The minimum absolute atomic E-state index is 0.102. The predicted molar refractivity (Wildman–Crippen MR) is 76.5 cm³/mol. The van der Waals surface area contributed by atoms with Crippen LogP contribution in [0.3, 0.4) is 0 Å². The molecule has 1 heterocycles. The van der Waals surface area contributed by atoms with Crippen molar-refractivity contribution in [3.63, 3.8) is 0 Å². The summed E-state index contributed by atoms with van der Waals surface area (Å²) in [5.41, 5.74) is 2.49. The summed E-state index contributed by atoms with van der Waals surface area (Å²) in [6.45, 7) is 5.04. The van der Waals surface area contributed by atoms with E-state index < -0.39 is 4.92 Å². The highest BCUT2D eigenvalue weighted by atomic mass is 16.6. The number of hydrogen-bond acceptors (Lipinski definition) is 5. The maximum Gasteiger partial charge on any atom is 0.312 e. The third kappa shape index (κ3) is 2.73. The number of aromatic nitrogens is 2. The van der Waals surface area contributed by atoms with Gasteiger partial charge in [-0.25, -0.2) is 4.68 Å². The minimum Gasteiger partial charge on any atom is -0.431 e. The molecule has 0 saturated heterocycles. The van der Waals surface area contributed by atoms with Crippen LogP contribution in [0.1, 0.15) is 22.4 Å². The molecule has 7 nitrogen and oxygen atoms in total. The Labute approximate surface area is 121 Å². The Kier molecular flexibility index (Phi) is 3.95. The molecule has 0 aliphatic carbocycles. The number of nitro benzene ring substituents is 1. The molecule has 0 atom stereocenters. The van der Waals surface area contributed by atoms with Gasteiger partial charge in [0.1, 0.15) is 0 Å². The van der Waals surface area contributed by atoms with E-state index >= 15 is 0 Å². The summed E-state index contributed by atoms with van der Waals surface area (Å²) in [7, 11) is 1.66. The lowest BCUT2D eigenvalue weighted by Crippen LogP contribution is -2.01. The first-order valence-corrected chi connectivity index (χ1v) is 6.42. The van der Waals surface area contributed by atoms with Crippen molar-refractivity contribution in [3.8, 4) is 11.6 Å². The van der Waals surface area contributed by atoms with Gasteiger partial charge in [-0.2, -0.15) is 5.10 Å². The molecule has 0 fully saturated rings. The summed E-state index contributed by atoms with van der Waals surface area (Å²) in [6, 6.07) is 3.27. The van der Waals surface area contributed by atoms with Crippen molar-refractivity contribution in [2.45, 2.75) is 27.4 Å². The van der Waals surface area contributed by atoms with Crippen LogP contribution in [0.2, 0.25) is 0 Å². The average molecular weight is 291 g/mol. The fourth-order valence-electron chi connectivity index (χ4n) is 2.29. The lowest BCUT2D eigenvalue weighted by molar-refractivity contribution is -0.385. The number of aliphatic hydroxyl groups excluding tert-OH is 1. The van der Waals surface area contributed by atoms with Crippen LogP contribution in [-0.4, -0.2) is 19.8 Å². The van der Waals surface area contributed by atoms with Crippen molar-refractivity contribution < 1.29 is 14.8 Å². The summed E-state index contributed by atoms with van der Waals surface area (Å²) < 4.78 is 7.19. The zero-order chi connectivity index (χ0) is 15.7. The Hall–Kier alpha value is -2.41. The molecule has 21 heavy (non-hydrogen) atoms. The molecule has 0 saturated carbocycles. The van der Waals surface area contributed by atoms with Gasteiger partial charge in [0.15, 0.2) is 0 Å². The van der Waals surface area contributed by atoms with Crippen LogP contribution < -0.4 is 4.74 Å². The lowest BCUT2D eigenvalue weighted by Gasteiger charge is -2.11. The van der Waals surface area contributed by atoms with E-state index in [0.717, 1.165) is 5.56 Å². The van der Waals surface area contributed by atoms with Gasteiger partial charge < -0.3 is 9.84 Å². The van der Waals surface area contributed by atoms with E-state index in [4.69, 9.17) is 4.74 Å². The maximum atomic E-state index is 11.2. The number of hydrogen-bond donors (Lipinski definition) is 1. The molecule has 0 aliphatic heterocycles. The van der Waals surface area contributed by atoms with Crippen LogP contribution in [0.25, 0.3) is 0 Å². The molecular formula is C14H17N3O4. The Morgan fingerprint density at radius 1 is 1.38 bits per heavy atom. The number of ether oxygens (including phenoxy) is 1. The smallest absolute Gasteiger partial charge is 0.312 e. The van der Waals surface area contributed by atoms with Crippen LogP contribution in [0.4, 0.5) is 5.69 Å². The van der Waals surface area contributed by atoms with Crippen LogP contribution in [0.15, 0.2) is 12.1 Å². The van der Waals surface area contributed by atoms with Crippen LogP contribution in [0.5, 0.6) is 11.6 Å². The van der Waals surface area contributed by atoms with E-state index in [9.17, 15) is 15.2 Å². The number of nitrogens with zero attached hydrogens (tertiary/aromatic N) is 3. The highest BCUT2D eigenvalue weighted by molar-refractivity contribution is 5.55. The van der Waals surface area contributed by atoms with Gasteiger partial charge in [0.2, 0.25) is 11.6 Å². The minimum atomic E-state index is -0.475. The van der Waals surface area contributed by atoms with E-state index in [2.05, 4.69) is 5.10 Å². The molecule has 0 aliphatic rings. The van der Waals surface area contributed by atoms with Gasteiger partial charge in [0.25, 0.3) is 0 Å². The quantitative estimate of drug-likeness (QED) is 0.690. The molecule has 1 aromatic heterocycles. The van der Waals surface area contributed by atoms with Crippen LogP contribution in [0, 0.1) is 30.9 Å². The largest absolute Gasteiger partial charge is 0.431 e. The van der Waals surface area contributed by atoms with E-state index in [-0.39, 0.29) is 18.0 Å². The first-order chi connectivity index (χ1) is 9.85. The predicted octanol–water partition coefficient (Wildman–Crippen LogP) is 2.54. The molecule has 0 spiro atoms. The monoisotopic (exact) mass is 291 g/mol. The second-order valence-electron chi connectivity index (χ2n) is 4.94. The normalized spacial score (nSPS) is 10.7. The van der Waals surface area contributed by atoms with Gasteiger partial charge in [-0.15, -0.1) is 0 Å². The van der Waals surface area contributed by atoms with Crippen molar-refractivity contribution in [1.29, 1.82) is 0 Å². The van der Waals surface area contributed by atoms with E-state index in [0.29, 0.717) is 22.7 Å². The molecule has 0 bridgehead atoms. The summed E-state index contributed by atoms with van der Waals surface area (Å²) in [5.74, 6) is 0.480. The van der Waals surface area contributed by atoms with Crippen molar-refractivity contribution in [1.82, 2.24) is 9.78 Å². The molecule has 112 valence electrons. The Morgan fingerprint density at radius 3 is 2.62 bits per heavy atom. The molecule has 1 aromatic carbocycles. The maximum absolute atomic E-state index is 11.2. The molecule has 0 radical (unpaired) electrons. The van der Waals surface area contributed by atoms with E-state index in [1.54, 1.807) is 27.8 Å². The Balaban J connectivity index is 2.57. The van der Waals surface area contributed by atoms with Crippen LogP contribution in [-0.2, 0) is 13.7 Å². The summed E-state index contributed by atoms with van der Waals surface area (Å²) in [5, 5.41) is 24.8. The molecule has 2 rings (SSSR count). The molecule has 1 N–H and O–H groups in total. The van der Waals surface area contributed by atoms with Gasteiger partial charge in [0.05, 0.1) is 22.8 Å². The van der Waals surface area contributed by atoms with Gasteiger partial charge in [-0.1, -0.05) is 6.07 Å². The zero-order valence-corrected chi connectivity index (χ0v) is 12.4. The first-order valence-electron chi connectivity index (χ1n) is 6.42. The number of aryl methyl sites for hydroxylation is 4. The van der Waals surface area contributed by atoms with Crippen LogP contribution >= 0.6 is 0 Å². The molecule has 2 aromatic rings. The van der Waals surface area contributed by atoms with Crippen molar-refractivity contribution >= 4 is 5.69 Å². The fraction of sp³-hybridized carbons (Fsp3) is 0.357. The molecule has 0 unspecified atom stereocenters. The molecule has 0 amide bonds. The summed E-state index contributed by atoms with van der Waals surface area (Å²) in [6.07, 6.45) is 0. The Bertz CT molecular complexity index is 707. The second kappa shape index (κ2) is 5.53. The van der Waals surface area contributed by atoms with Gasteiger partial charge in [-0.05, 0) is 31.9 Å². The number of benzene rings is 1. The highest BCUT2D eigenvalue weighted by Crippen LogP contribution is 2.37.